The van der Waals surface area contributed by atoms with Crippen molar-refractivity contribution in [2.45, 2.75) is 18.9 Å². The number of hydrogen-bond acceptors (Lipinski definition) is 6. The zero-order valence-electron chi connectivity index (χ0n) is 11.9. The van der Waals surface area contributed by atoms with Gasteiger partial charge in [0.15, 0.2) is 5.82 Å². The number of aromatic nitrogens is 2. The Morgan fingerprint density at radius 3 is 2.59 bits per heavy atom. The summed E-state index contributed by atoms with van der Waals surface area (Å²) < 4.78 is 17.9. The van der Waals surface area contributed by atoms with Crippen molar-refractivity contribution in [2.24, 2.45) is 10.7 Å². The number of amidine groups is 1. The molecule has 0 aliphatic carbocycles. The van der Waals surface area contributed by atoms with Crippen LogP contribution in [-0.2, 0) is 11.2 Å². The topological polar surface area (TPSA) is 85.4 Å². The number of nitrogens with one attached hydrogen (secondary N) is 1. The molecular formula is C15H16FN5O. The minimum Gasteiger partial charge on any atom is -0.463 e. The van der Waals surface area contributed by atoms with E-state index in [0.29, 0.717) is 12.6 Å². The van der Waals surface area contributed by atoms with E-state index in [9.17, 15) is 4.39 Å². The SMILES string of the molecule is NC1=NC(CCc2ccc(Nc3ncc(F)cn3)cc2)CO1. The second kappa shape index (κ2) is 6.38. The van der Waals surface area contributed by atoms with Crippen LogP contribution < -0.4 is 11.1 Å². The summed E-state index contributed by atoms with van der Waals surface area (Å²) in [7, 11) is 0. The molecule has 3 N–H and O–H groups in total. The van der Waals surface area contributed by atoms with Crippen molar-refractivity contribution in [3.05, 3.63) is 48.0 Å². The van der Waals surface area contributed by atoms with Crippen molar-refractivity contribution >= 4 is 17.7 Å². The zero-order valence-corrected chi connectivity index (χ0v) is 11.9. The van der Waals surface area contributed by atoms with E-state index in [1.54, 1.807) is 0 Å². The Morgan fingerprint density at radius 1 is 1.23 bits per heavy atom. The first-order chi connectivity index (χ1) is 10.7. The number of benzene rings is 1. The van der Waals surface area contributed by atoms with E-state index in [1.807, 2.05) is 24.3 Å². The maximum Gasteiger partial charge on any atom is 0.282 e. The van der Waals surface area contributed by atoms with Gasteiger partial charge in [0.25, 0.3) is 6.02 Å². The highest BCUT2D eigenvalue weighted by atomic mass is 19.1. The fourth-order valence-electron chi connectivity index (χ4n) is 2.18. The molecular weight excluding hydrogens is 285 g/mol. The van der Waals surface area contributed by atoms with Crippen molar-refractivity contribution in [1.82, 2.24) is 9.97 Å². The molecule has 1 unspecified atom stereocenters. The van der Waals surface area contributed by atoms with E-state index >= 15 is 0 Å². The standard InChI is InChI=1S/C15H16FN5O/c16-11-7-18-15(19-8-11)21-12-4-1-10(2-5-12)3-6-13-9-22-14(17)20-13/h1-2,4-5,7-8,13H,3,6,9H2,(H2,17,20)(H,18,19,21). The summed E-state index contributed by atoms with van der Waals surface area (Å²) in [6.45, 7) is 0.563. The highest BCUT2D eigenvalue weighted by Crippen LogP contribution is 2.16. The molecule has 1 aliphatic heterocycles. The first-order valence-electron chi connectivity index (χ1n) is 6.98. The van der Waals surface area contributed by atoms with Crippen LogP contribution >= 0.6 is 0 Å². The number of nitrogens with two attached hydrogens (primary N) is 1. The molecule has 0 saturated heterocycles. The van der Waals surface area contributed by atoms with Gasteiger partial charge in [0.2, 0.25) is 5.95 Å². The van der Waals surface area contributed by atoms with Gasteiger partial charge in [-0.1, -0.05) is 12.1 Å². The third-order valence-electron chi connectivity index (χ3n) is 3.33. The minimum atomic E-state index is -0.458. The number of aryl methyl sites for hydroxylation is 1. The number of nitrogens with zero attached hydrogens (tertiary/aromatic N) is 3. The maximum atomic E-state index is 12.7. The van der Waals surface area contributed by atoms with E-state index in [2.05, 4.69) is 20.3 Å². The van der Waals surface area contributed by atoms with E-state index in [1.165, 1.54) is 5.56 Å². The van der Waals surface area contributed by atoms with Gasteiger partial charge in [0.05, 0.1) is 18.4 Å². The van der Waals surface area contributed by atoms with Crippen LogP contribution in [0, 0.1) is 5.82 Å². The molecule has 2 heterocycles. The van der Waals surface area contributed by atoms with Gasteiger partial charge in [-0.25, -0.2) is 19.4 Å². The Balaban J connectivity index is 1.54. The monoisotopic (exact) mass is 301 g/mol. The Morgan fingerprint density at radius 2 is 1.95 bits per heavy atom. The predicted molar refractivity (Wildman–Crippen MR) is 81.4 cm³/mol. The van der Waals surface area contributed by atoms with E-state index in [4.69, 9.17) is 10.5 Å². The normalized spacial score (nSPS) is 17.0. The lowest BCUT2D eigenvalue weighted by atomic mass is 10.1. The van der Waals surface area contributed by atoms with Gasteiger partial charge >= 0.3 is 0 Å². The fourth-order valence-corrected chi connectivity index (χ4v) is 2.18. The summed E-state index contributed by atoms with van der Waals surface area (Å²) in [5.41, 5.74) is 7.53. The van der Waals surface area contributed by atoms with Gasteiger partial charge in [-0.3, -0.25) is 0 Å². The molecule has 22 heavy (non-hydrogen) atoms. The average Bonchev–Trinajstić information content (AvgIpc) is 2.94. The van der Waals surface area contributed by atoms with Crippen LogP contribution in [0.1, 0.15) is 12.0 Å². The number of anilines is 2. The summed E-state index contributed by atoms with van der Waals surface area (Å²) in [5.74, 6) is -0.0952. The van der Waals surface area contributed by atoms with E-state index in [-0.39, 0.29) is 12.1 Å². The average molecular weight is 301 g/mol. The molecule has 1 aliphatic rings. The Labute approximate surface area is 127 Å². The molecule has 114 valence electrons. The minimum absolute atomic E-state index is 0.144. The summed E-state index contributed by atoms with van der Waals surface area (Å²) in [5, 5.41) is 3.01. The largest absolute Gasteiger partial charge is 0.463 e. The highest BCUT2D eigenvalue weighted by Gasteiger charge is 2.16. The molecule has 6 nitrogen and oxygen atoms in total. The maximum absolute atomic E-state index is 12.7. The molecule has 3 rings (SSSR count). The van der Waals surface area contributed by atoms with Crippen LogP contribution in [-0.4, -0.2) is 28.6 Å². The van der Waals surface area contributed by atoms with Crippen LogP contribution in [0.3, 0.4) is 0 Å². The second-order valence-electron chi connectivity index (χ2n) is 5.02. The van der Waals surface area contributed by atoms with Gasteiger partial charge in [0, 0.05) is 5.69 Å². The van der Waals surface area contributed by atoms with Gasteiger partial charge in [-0.05, 0) is 30.5 Å². The quantitative estimate of drug-likeness (QED) is 0.882. The predicted octanol–water partition coefficient (Wildman–Crippen LogP) is 2.01. The molecule has 0 bridgehead atoms. The molecule has 0 saturated carbocycles. The smallest absolute Gasteiger partial charge is 0.282 e. The highest BCUT2D eigenvalue weighted by molar-refractivity contribution is 5.73. The molecule has 0 radical (unpaired) electrons. The van der Waals surface area contributed by atoms with Gasteiger partial charge in [-0.2, -0.15) is 0 Å². The first-order valence-corrected chi connectivity index (χ1v) is 6.98. The molecule has 0 amide bonds. The number of halogens is 1. The third kappa shape index (κ3) is 3.69. The van der Waals surface area contributed by atoms with Crippen LogP contribution in [0.2, 0.25) is 0 Å². The Kier molecular flexibility index (Phi) is 4.13. The van der Waals surface area contributed by atoms with Crippen LogP contribution in [0.5, 0.6) is 0 Å². The number of ether oxygens (including phenoxy) is 1. The zero-order chi connectivity index (χ0) is 15.4. The van der Waals surface area contributed by atoms with Crippen molar-refractivity contribution in [3.63, 3.8) is 0 Å². The summed E-state index contributed by atoms with van der Waals surface area (Å²) in [4.78, 5) is 11.9. The van der Waals surface area contributed by atoms with Gasteiger partial charge in [-0.15, -0.1) is 0 Å². The van der Waals surface area contributed by atoms with Crippen LogP contribution in [0.25, 0.3) is 0 Å². The summed E-state index contributed by atoms with van der Waals surface area (Å²) >= 11 is 0. The van der Waals surface area contributed by atoms with Gasteiger partial charge in [0.1, 0.15) is 6.61 Å². The molecule has 1 atom stereocenters. The molecule has 1 aromatic heterocycles. The Bertz CT molecular complexity index is 657. The van der Waals surface area contributed by atoms with Crippen molar-refractivity contribution in [1.29, 1.82) is 0 Å². The fraction of sp³-hybridized carbons (Fsp3) is 0.267. The number of hydrogen-bond donors (Lipinski definition) is 2. The number of rotatable bonds is 5. The van der Waals surface area contributed by atoms with Crippen molar-refractivity contribution in [2.75, 3.05) is 11.9 Å². The van der Waals surface area contributed by atoms with E-state index in [0.717, 1.165) is 30.9 Å². The summed E-state index contributed by atoms with van der Waals surface area (Å²) in [6, 6.07) is 8.34. The number of aliphatic imine (C=N–C) groups is 1. The van der Waals surface area contributed by atoms with Gasteiger partial charge < -0.3 is 15.8 Å². The second-order valence-corrected chi connectivity index (χ2v) is 5.02. The van der Waals surface area contributed by atoms with Crippen molar-refractivity contribution in [3.8, 4) is 0 Å². The lowest BCUT2D eigenvalue weighted by Crippen LogP contribution is -2.10. The first kappa shape index (κ1) is 14.2. The van der Waals surface area contributed by atoms with Crippen LogP contribution in [0.4, 0.5) is 16.0 Å². The molecule has 0 fully saturated rings. The lowest BCUT2D eigenvalue weighted by Gasteiger charge is -2.07. The van der Waals surface area contributed by atoms with E-state index < -0.39 is 5.82 Å². The van der Waals surface area contributed by atoms with Crippen molar-refractivity contribution < 1.29 is 9.13 Å². The third-order valence-corrected chi connectivity index (χ3v) is 3.33. The summed E-state index contributed by atoms with van der Waals surface area (Å²) in [6.07, 6.45) is 4.05. The Hall–Kier alpha value is -2.70. The molecule has 1 aromatic carbocycles. The molecule has 0 spiro atoms. The molecule has 2 aromatic rings. The van der Waals surface area contributed by atoms with Crippen LogP contribution in [0.15, 0.2) is 41.7 Å². The molecule has 7 heteroatoms. The lowest BCUT2D eigenvalue weighted by molar-refractivity contribution is 0.308.